The zero-order chi connectivity index (χ0) is 39.2. The van der Waals surface area contributed by atoms with E-state index in [1.165, 1.54) is 5.19 Å². The number of aliphatic hydroxyl groups excluding tert-OH is 1. The number of nitrogens with zero attached hydrogens (tertiary/aromatic N) is 2. The number of benzene rings is 4. The molecular formula is C45H50N4O6Si. The fourth-order valence-corrected chi connectivity index (χ4v) is 13.8. The van der Waals surface area contributed by atoms with Gasteiger partial charge in [-0.05, 0) is 65.9 Å². The number of anilines is 2. The van der Waals surface area contributed by atoms with Gasteiger partial charge in [0.2, 0.25) is 11.8 Å². The molecule has 11 heteroatoms. The van der Waals surface area contributed by atoms with E-state index in [4.69, 9.17) is 9.47 Å². The molecule has 10 nitrogen and oxygen atoms in total. The average Bonchev–Trinajstić information content (AvgIpc) is 3.97. The van der Waals surface area contributed by atoms with Gasteiger partial charge < -0.3 is 34.7 Å². The van der Waals surface area contributed by atoms with E-state index >= 15 is 4.79 Å². The summed E-state index contributed by atoms with van der Waals surface area (Å²) in [5.41, 5.74) is 3.29. The van der Waals surface area contributed by atoms with E-state index in [2.05, 4.69) is 42.5 Å². The van der Waals surface area contributed by atoms with Gasteiger partial charge in [-0.15, -0.1) is 0 Å². The summed E-state index contributed by atoms with van der Waals surface area (Å²) in [7, 11) is -0.874. The first-order valence-electron chi connectivity index (χ1n) is 19.6. The third-order valence-corrected chi connectivity index (χ3v) is 17.0. The monoisotopic (exact) mass is 770 g/mol. The number of aromatic amines is 1. The van der Waals surface area contributed by atoms with Gasteiger partial charge in [0, 0.05) is 40.8 Å². The number of carbonyl (C=O) groups is 3. The molecule has 3 aliphatic heterocycles. The van der Waals surface area contributed by atoms with E-state index in [1.807, 2.05) is 96.0 Å². The van der Waals surface area contributed by atoms with Crippen LogP contribution in [0.4, 0.5) is 11.4 Å². The first-order valence-corrected chi connectivity index (χ1v) is 22.7. The number of para-hydroxylation sites is 1. The van der Waals surface area contributed by atoms with Crippen LogP contribution in [0.25, 0.3) is 10.9 Å². The minimum absolute atomic E-state index is 0.0644. The quantitative estimate of drug-likeness (QED) is 0.132. The molecule has 0 radical (unpaired) electrons. The summed E-state index contributed by atoms with van der Waals surface area (Å²) in [6.45, 7) is 7.56. The lowest BCUT2D eigenvalue weighted by atomic mass is 9.82. The lowest BCUT2D eigenvalue weighted by Crippen LogP contribution is -2.52. The van der Waals surface area contributed by atoms with Gasteiger partial charge in [0.15, 0.2) is 5.60 Å². The number of methoxy groups -OCH3 is 1. The van der Waals surface area contributed by atoms with Crippen molar-refractivity contribution in [3.05, 3.63) is 120 Å². The molecule has 0 aliphatic carbocycles. The van der Waals surface area contributed by atoms with E-state index in [1.54, 1.807) is 12.0 Å². The molecular weight excluding hydrogens is 721 g/mol. The average molecular weight is 771 g/mol. The number of aliphatic hydroxyl groups is 1. The van der Waals surface area contributed by atoms with E-state index in [-0.39, 0.29) is 54.7 Å². The Balaban J connectivity index is 1.20. The largest absolute Gasteiger partial charge is 0.497 e. The highest BCUT2D eigenvalue weighted by Crippen LogP contribution is 2.60. The number of ether oxygens (including phenoxy) is 2. The van der Waals surface area contributed by atoms with Crippen molar-refractivity contribution in [2.24, 2.45) is 5.92 Å². The van der Waals surface area contributed by atoms with Crippen LogP contribution in [-0.2, 0) is 37.7 Å². The standard InChI is InChI=1S/C45H50N4O6Si/c1-29-43(56(3,4)35-19-17-34(54-2)18-20-35)40(25-42(52)48-22-10-13-33(48)28-50)55-45(29)37-24-32(47-41(51)23-31-26-46-38-15-9-8-14-36(31)38)16-21-39(37)49(44(45)53)27-30-11-6-5-7-12-30/h5-9,11-12,14-21,24,26,29,33,40,43,46,50H,10,13,22-23,25,27-28H2,1-4H3,(H,47,51)/t29-,33+,40+,43-,45+/m1/s1. The van der Waals surface area contributed by atoms with Gasteiger partial charge in [0.05, 0.1) is 59.0 Å². The summed E-state index contributed by atoms with van der Waals surface area (Å²) in [6.07, 6.45) is 3.18. The molecule has 56 heavy (non-hydrogen) atoms. The van der Waals surface area contributed by atoms with Crippen molar-refractivity contribution in [1.29, 1.82) is 0 Å². The predicted molar refractivity (Wildman–Crippen MR) is 221 cm³/mol. The number of amides is 3. The zero-order valence-corrected chi connectivity index (χ0v) is 33.5. The maximum Gasteiger partial charge on any atom is 0.264 e. The molecule has 0 unspecified atom stereocenters. The van der Waals surface area contributed by atoms with Crippen molar-refractivity contribution in [3.8, 4) is 5.75 Å². The van der Waals surface area contributed by atoms with Gasteiger partial charge in [-0.25, -0.2) is 0 Å². The Morgan fingerprint density at radius 3 is 2.52 bits per heavy atom. The fourth-order valence-electron chi connectivity index (χ4n) is 9.81. The summed E-state index contributed by atoms with van der Waals surface area (Å²) in [4.78, 5) is 50.0. The second kappa shape index (κ2) is 15.0. The minimum Gasteiger partial charge on any atom is -0.497 e. The van der Waals surface area contributed by atoms with Crippen LogP contribution < -0.4 is 20.1 Å². The van der Waals surface area contributed by atoms with E-state index in [9.17, 15) is 14.7 Å². The smallest absolute Gasteiger partial charge is 0.264 e. The molecule has 0 saturated carbocycles. The Morgan fingerprint density at radius 1 is 1.02 bits per heavy atom. The maximum absolute atomic E-state index is 15.3. The molecule has 8 rings (SSSR count). The summed E-state index contributed by atoms with van der Waals surface area (Å²) in [5, 5.41) is 15.4. The number of likely N-dealkylation sites (tertiary alicyclic amines) is 1. The van der Waals surface area contributed by atoms with E-state index in [0.717, 1.165) is 46.3 Å². The number of hydrogen-bond donors (Lipinski definition) is 3. The second-order valence-corrected chi connectivity index (χ2v) is 20.8. The highest BCUT2D eigenvalue weighted by atomic mass is 28.3. The molecule has 4 heterocycles. The molecule has 5 aromatic rings. The highest BCUT2D eigenvalue weighted by molar-refractivity contribution is 6.91. The topological polar surface area (TPSA) is 124 Å². The summed E-state index contributed by atoms with van der Waals surface area (Å²) in [6, 6.07) is 31.4. The van der Waals surface area contributed by atoms with Crippen LogP contribution in [-0.4, -0.2) is 73.2 Å². The number of nitrogens with one attached hydrogen (secondary N) is 2. The van der Waals surface area contributed by atoms with Crippen LogP contribution in [0, 0.1) is 5.92 Å². The number of carbonyl (C=O) groups excluding carboxylic acids is 3. The maximum atomic E-state index is 15.3. The SMILES string of the molecule is COc1ccc([Si](C)(C)[C@H]2[C@H](CC(=O)N3CCC[C@H]3CO)O[C@@]3(C(=O)N(Cc4ccccc4)c4ccc(NC(=O)Cc5c[nH]c6ccccc56)cc43)[C@@H]2C)cc1. The Morgan fingerprint density at radius 2 is 1.77 bits per heavy atom. The molecule has 3 N–H and O–H groups in total. The predicted octanol–water partition coefficient (Wildman–Crippen LogP) is 6.49. The summed E-state index contributed by atoms with van der Waals surface area (Å²) < 4.78 is 12.8. The molecule has 2 saturated heterocycles. The normalized spacial score (nSPS) is 23.3. The third-order valence-electron chi connectivity index (χ3n) is 12.6. The lowest BCUT2D eigenvalue weighted by Gasteiger charge is -2.37. The van der Waals surface area contributed by atoms with E-state index < -0.39 is 19.8 Å². The van der Waals surface area contributed by atoms with Crippen LogP contribution in [0.3, 0.4) is 0 Å². The van der Waals surface area contributed by atoms with Crippen LogP contribution in [0.5, 0.6) is 5.75 Å². The van der Waals surface area contributed by atoms with Crippen molar-refractivity contribution in [3.63, 3.8) is 0 Å². The van der Waals surface area contributed by atoms with Crippen LogP contribution in [0.1, 0.15) is 42.9 Å². The Hall–Kier alpha value is -5.23. The molecule has 3 amide bonds. The number of aromatic nitrogens is 1. The zero-order valence-electron chi connectivity index (χ0n) is 32.5. The van der Waals surface area contributed by atoms with Gasteiger partial charge >= 0.3 is 0 Å². The van der Waals surface area contributed by atoms with Crippen LogP contribution in [0.2, 0.25) is 18.6 Å². The lowest BCUT2D eigenvalue weighted by molar-refractivity contribution is -0.150. The Kier molecular flexibility index (Phi) is 10.1. The minimum atomic E-state index is -2.52. The van der Waals surface area contributed by atoms with Crippen LogP contribution >= 0.6 is 0 Å². The van der Waals surface area contributed by atoms with Gasteiger partial charge in [0.1, 0.15) is 5.75 Å². The summed E-state index contributed by atoms with van der Waals surface area (Å²) in [5.74, 6) is 0.0243. The van der Waals surface area contributed by atoms with Crippen LogP contribution in [0.15, 0.2) is 103 Å². The molecule has 0 bridgehead atoms. The van der Waals surface area contributed by atoms with Crippen molar-refractivity contribution in [2.45, 2.75) is 75.5 Å². The van der Waals surface area contributed by atoms with Gasteiger partial charge in [0.25, 0.3) is 5.91 Å². The van der Waals surface area contributed by atoms with Crippen molar-refractivity contribution in [1.82, 2.24) is 9.88 Å². The van der Waals surface area contributed by atoms with Gasteiger partial charge in [-0.1, -0.05) is 85.9 Å². The Bertz CT molecular complexity index is 2260. The van der Waals surface area contributed by atoms with E-state index in [0.29, 0.717) is 24.3 Å². The first kappa shape index (κ1) is 37.7. The summed E-state index contributed by atoms with van der Waals surface area (Å²) >= 11 is 0. The number of H-pyrrole nitrogens is 1. The molecule has 290 valence electrons. The van der Waals surface area contributed by atoms with Crippen molar-refractivity contribution in [2.75, 3.05) is 30.5 Å². The molecule has 3 aliphatic rings. The van der Waals surface area contributed by atoms with Crippen molar-refractivity contribution >= 4 is 53.3 Å². The van der Waals surface area contributed by atoms with Crippen molar-refractivity contribution < 1.29 is 29.0 Å². The van der Waals surface area contributed by atoms with Gasteiger partial charge in [-0.2, -0.15) is 0 Å². The molecule has 2 fully saturated rings. The molecule has 1 aromatic heterocycles. The number of rotatable bonds is 11. The second-order valence-electron chi connectivity index (χ2n) is 16.1. The Labute approximate surface area is 328 Å². The van der Waals surface area contributed by atoms with Gasteiger partial charge in [-0.3, -0.25) is 14.4 Å². The first-order chi connectivity index (χ1) is 27.0. The molecule has 5 atom stereocenters. The highest BCUT2D eigenvalue weighted by Gasteiger charge is 2.66. The number of hydrogen-bond acceptors (Lipinski definition) is 6. The molecule has 1 spiro atoms. The third kappa shape index (κ3) is 6.51. The molecule has 4 aromatic carbocycles. The fraction of sp³-hybridized carbons (Fsp3) is 0.356. The number of fused-ring (bicyclic) bond motifs is 3.